The number of aliphatic imine (C=N–C) groups is 1. The summed E-state index contributed by atoms with van der Waals surface area (Å²) in [6, 6.07) is 6.88. The van der Waals surface area contributed by atoms with E-state index >= 15 is 0 Å². The van der Waals surface area contributed by atoms with Crippen molar-refractivity contribution >= 4 is 5.96 Å². The molecule has 7 nitrogen and oxygen atoms in total. The Balaban J connectivity index is 1.49. The number of fused-ring (bicyclic) bond motifs is 3. The average molecular weight is 390 g/mol. The Kier molecular flexibility index (Phi) is 7.94. The summed E-state index contributed by atoms with van der Waals surface area (Å²) < 4.78 is 11.3. The van der Waals surface area contributed by atoms with Crippen molar-refractivity contribution in [2.45, 2.75) is 26.4 Å². The first kappa shape index (κ1) is 20.9. The standard InChI is InChI=1S/C21H35N5O2/c1-4-27-11-12-28-20-13-17(2)5-6-18(20)14-23-21(22-3)24-15-19-16-25-7-9-26(19)10-8-25/h5-6,13,19H,4,7-12,14-16H2,1-3H3,(H2,22,23,24). The molecule has 2 N–H and O–H groups in total. The van der Waals surface area contributed by atoms with Crippen molar-refractivity contribution in [3.63, 3.8) is 0 Å². The highest BCUT2D eigenvalue weighted by Gasteiger charge is 2.31. The Morgan fingerprint density at radius 3 is 2.68 bits per heavy atom. The molecule has 0 aromatic heterocycles. The van der Waals surface area contributed by atoms with Gasteiger partial charge in [0.15, 0.2) is 5.96 Å². The number of piperazine rings is 3. The number of rotatable bonds is 9. The zero-order valence-corrected chi connectivity index (χ0v) is 17.5. The molecule has 3 fully saturated rings. The topological polar surface area (TPSA) is 61.4 Å². The van der Waals surface area contributed by atoms with Gasteiger partial charge in [0.25, 0.3) is 0 Å². The number of hydrogen-bond acceptors (Lipinski definition) is 5. The zero-order chi connectivity index (χ0) is 19.8. The number of benzene rings is 1. The number of nitrogens with zero attached hydrogens (tertiary/aromatic N) is 3. The summed E-state index contributed by atoms with van der Waals surface area (Å²) in [4.78, 5) is 9.53. The molecular formula is C21H35N5O2. The maximum absolute atomic E-state index is 5.94. The molecule has 3 aliphatic heterocycles. The number of ether oxygens (including phenoxy) is 2. The van der Waals surface area contributed by atoms with Gasteiger partial charge in [-0.1, -0.05) is 12.1 Å². The van der Waals surface area contributed by atoms with Gasteiger partial charge in [0, 0.05) is 71.1 Å². The van der Waals surface area contributed by atoms with Crippen LogP contribution in [0.5, 0.6) is 5.75 Å². The summed E-state index contributed by atoms with van der Waals surface area (Å²) in [5, 5.41) is 6.92. The largest absolute Gasteiger partial charge is 0.491 e. The fourth-order valence-electron chi connectivity index (χ4n) is 3.83. The van der Waals surface area contributed by atoms with Crippen LogP contribution in [0, 0.1) is 6.92 Å². The minimum atomic E-state index is 0.561. The second-order valence-electron chi connectivity index (χ2n) is 7.45. The molecule has 2 bridgehead atoms. The molecule has 4 rings (SSSR count). The molecule has 1 aromatic carbocycles. The van der Waals surface area contributed by atoms with Gasteiger partial charge >= 0.3 is 0 Å². The lowest BCUT2D eigenvalue weighted by Gasteiger charge is -2.47. The first-order valence-electron chi connectivity index (χ1n) is 10.4. The van der Waals surface area contributed by atoms with Gasteiger partial charge in [0.05, 0.1) is 6.61 Å². The van der Waals surface area contributed by atoms with Gasteiger partial charge in [0.1, 0.15) is 12.4 Å². The second-order valence-corrected chi connectivity index (χ2v) is 7.45. The van der Waals surface area contributed by atoms with Crippen LogP contribution in [-0.4, -0.2) is 87.9 Å². The van der Waals surface area contributed by atoms with Crippen molar-refractivity contribution in [1.82, 2.24) is 20.4 Å². The Hall–Kier alpha value is -1.83. The van der Waals surface area contributed by atoms with Crippen LogP contribution in [0.1, 0.15) is 18.1 Å². The van der Waals surface area contributed by atoms with E-state index in [1.165, 1.54) is 31.7 Å². The molecular weight excluding hydrogens is 354 g/mol. The summed E-state index contributed by atoms with van der Waals surface area (Å²) >= 11 is 0. The van der Waals surface area contributed by atoms with Crippen molar-refractivity contribution in [3.8, 4) is 5.75 Å². The lowest BCUT2D eigenvalue weighted by Crippen LogP contribution is -2.63. The molecule has 3 aliphatic rings. The maximum Gasteiger partial charge on any atom is 0.191 e. The van der Waals surface area contributed by atoms with E-state index in [0.717, 1.165) is 30.4 Å². The van der Waals surface area contributed by atoms with E-state index in [4.69, 9.17) is 9.47 Å². The normalized spacial score (nSPS) is 24.2. The number of aryl methyl sites for hydroxylation is 1. The average Bonchev–Trinajstić information content (AvgIpc) is 2.73. The fraction of sp³-hybridized carbons (Fsp3) is 0.667. The van der Waals surface area contributed by atoms with Crippen LogP contribution in [-0.2, 0) is 11.3 Å². The predicted octanol–water partition coefficient (Wildman–Crippen LogP) is 1.08. The minimum Gasteiger partial charge on any atom is -0.491 e. The summed E-state index contributed by atoms with van der Waals surface area (Å²) in [5.74, 6) is 1.74. The molecule has 0 amide bonds. The number of hydrogen-bond donors (Lipinski definition) is 2. The van der Waals surface area contributed by atoms with Gasteiger partial charge in [-0.3, -0.25) is 14.8 Å². The van der Waals surface area contributed by atoms with Crippen molar-refractivity contribution in [2.75, 3.05) is 66.1 Å². The van der Waals surface area contributed by atoms with E-state index in [-0.39, 0.29) is 0 Å². The summed E-state index contributed by atoms with van der Waals surface area (Å²) in [7, 11) is 1.82. The Labute approximate surface area is 169 Å². The van der Waals surface area contributed by atoms with Crippen LogP contribution >= 0.6 is 0 Å². The third-order valence-electron chi connectivity index (χ3n) is 5.48. The lowest BCUT2D eigenvalue weighted by atomic mass is 10.1. The van der Waals surface area contributed by atoms with Crippen molar-refractivity contribution in [2.24, 2.45) is 4.99 Å². The van der Waals surface area contributed by atoms with Crippen LogP contribution in [0.25, 0.3) is 0 Å². The van der Waals surface area contributed by atoms with Crippen LogP contribution in [0.3, 0.4) is 0 Å². The molecule has 28 heavy (non-hydrogen) atoms. The molecule has 156 valence electrons. The Morgan fingerprint density at radius 2 is 2.00 bits per heavy atom. The molecule has 3 heterocycles. The first-order chi connectivity index (χ1) is 13.7. The van der Waals surface area contributed by atoms with E-state index in [1.807, 2.05) is 14.0 Å². The predicted molar refractivity (Wildman–Crippen MR) is 113 cm³/mol. The van der Waals surface area contributed by atoms with E-state index < -0.39 is 0 Å². The van der Waals surface area contributed by atoms with Crippen molar-refractivity contribution in [1.29, 1.82) is 0 Å². The number of nitrogens with one attached hydrogen (secondary N) is 2. The van der Waals surface area contributed by atoms with Gasteiger partial charge in [-0.25, -0.2) is 0 Å². The lowest BCUT2D eigenvalue weighted by molar-refractivity contribution is 0.0154. The quantitative estimate of drug-likeness (QED) is 0.374. The molecule has 1 atom stereocenters. The summed E-state index contributed by atoms with van der Waals surface area (Å²) in [6.45, 7) is 13.5. The second kappa shape index (κ2) is 10.6. The molecule has 0 radical (unpaired) electrons. The number of guanidine groups is 1. The smallest absolute Gasteiger partial charge is 0.191 e. The molecule has 0 aliphatic carbocycles. The highest BCUT2D eigenvalue weighted by molar-refractivity contribution is 5.79. The summed E-state index contributed by atoms with van der Waals surface area (Å²) in [5.41, 5.74) is 2.31. The van der Waals surface area contributed by atoms with Gasteiger partial charge in [-0.15, -0.1) is 0 Å². The zero-order valence-electron chi connectivity index (χ0n) is 17.5. The molecule has 3 saturated heterocycles. The molecule has 0 saturated carbocycles. The van der Waals surface area contributed by atoms with Gasteiger partial charge < -0.3 is 20.1 Å². The first-order valence-corrected chi connectivity index (χ1v) is 10.4. The fourth-order valence-corrected chi connectivity index (χ4v) is 3.83. The third kappa shape index (κ3) is 5.83. The van der Waals surface area contributed by atoms with Gasteiger partial charge in [0.2, 0.25) is 0 Å². The highest BCUT2D eigenvalue weighted by atomic mass is 16.5. The van der Waals surface area contributed by atoms with Gasteiger partial charge in [-0.2, -0.15) is 0 Å². The van der Waals surface area contributed by atoms with Crippen LogP contribution in [0.2, 0.25) is 0 Å². The van der Waals surface area contributed by atoms with E-state index in [9.17, 15) is 0 Å². The summed E-state index contributed by atoms with van der Waals surface area (Å²) in [6.07, 6.45) is 0. The van der Waals surface area contributed by atoms with E-state index in [0.29, 0.717) is 32.4 Å². The van der Waals surface area contributed by atoms with Crippen LogP contribution in [0.15, 0.2) is 23.2 Å². The van der Waals surface area contributed by atoms with E-state index in [2.05, 4.69) is 50.5 Å². The van der Waals surface area contributed by atoms with E-state index in [1.54, 1.807) is 0 Å². The maximum atomic E-state index is 5.94. The van der Waals surface area contributed by atoms with Crippen LogP contribution in [0.4, 0.5) is 0 Å². The van der Waals surface area contributed by atoms with Crippen molar-refractivity contribution < 1.29 is 9.47 Å². The third-order valence-corrected chi connectivity index (χ3v) is 5.48. The molecule has 1 aromatic rings. The molecule has 0 spiro atoms. The Morgan fingerprint density at radius 1 is 1.18 bits per heavy atom. The Bertz CT molecular complexity index is 644. The van der Waals surface area contributed by atoms with Gasteiger partial charge in [-0.05, 0) is 25.5 Å². The SMILES string of the molecule is CCOCCOc1cc(C)ccc1CNC(=NC)NCC1CN2CCN1CC2. The van der Waals surface area contributed by atoms with Crippen molar-refractivity contribution in [3.05, 3.63) is 29.3 Å². The molecule has 1 unspecified atom stereocenters. The highest BCUT2D eigenvalue weighted by Crippen LogP contribution is 2.20. The monoisotopic (exact) mass is 389 g/mol. The molecule has 7 heteroatoms. The van der Waals surface area contributed by atoms with Crippen LogP contribution < -0.4 is 15.4 Å². The minimum absolute atomic E-state index is 0.561.